The van der Waals surface area contributed by atoms with Crippen LogP contribution in [-0.4, -0.2) is 31.6 Å². The van der Waals surface area contributed by atoms with Gasteiger partial charge in [0.05, 0.1) is 12.7 Å². The molecule has 0 aliphatic rings. The topological polar surface area (TPSA) is 52.6 Å². The number of carbonyl (C=O) groups excluding carboxylic acids is 2. The fourth-order valence-electron chi connectivity index (χ4n) is 1.02. The molecule has 0 aliphatic carbocycles. The van der Waals surface area contributed by atoms with Crippen LogP contribution in [0.25, 0.3) is 0 Å². The number of ether oxygens (including phenoxy) is 2. The minimum atomic E-state index is -1.08. The number of hydrogen-bond acceptors (Lipinski definition) is 4. The molecule has 0 amide bonds. The van der Waals surface area contributed by atoms with E-state index in [0.29, 0.717) is 0 Å². The first-order valence-electron chi connectivity index (χ1n) is 5.09. The molecule has 0 spiro atoms. The van der Waals surface area contributed by atoms with Gasteiger partial charge in [0.2, 0.25) is 0 Å². The van der Waals surface area contributed by atoms with Crippen LogP contribution in [-0.2, 0) is 19.1 Å². The van der Waals surface area contributed by atoms with Crippen molar-refractivity contribution in [1.82, 2.24) is 0 Å². The van der Waals surface area contributed by atoms with E-state index in [9.17, 15) is 9.59 Å². The monoisotopic (exact) mass is 216 g/mol. The van der Waals surface area contributed by atoms with E-state index in [4.69, 9.17) is 9.47 Å². The van der Waals surface area contributed by atoms with Crippen molar-refractivity contribution in [1.29, 1.82) is 0 Å². The summed E-state index contributed by atoms with van der Waals surface area (Å²) in [6.45, 7) is 6.95. The van der Waals surface area contributed by atoms with Gasteiger partial charge in [-0.25, -0.2) is 0 Å². The van der Waals surface area contributed by atoms with E-state index in [1.54, 1.807) is 27.7 Å². The lowest BCUT2D eigenvalue weighted by atomic mass is 9.85. The quantitative estimate of drug-likeness (QED) is 0.499. The van der Waals surface area contributed by atoms with E-state index in [-0.39, 0.29) is 24.9 Å². The summed E-state index contributed by atoms with van der Waals surface area (Å²) in [7, 11) is 1.54. The molecule has 0 aliphatic heterocycles. The first kappa shape index (κ1) is 14.1. The van der Waals surface area contributed by atoms with Crippen LogP contribution in [0.4, 0.5) is 0 Å². The van der Waals surface area contributed by atoms with Gasteiger partial charge in [0.15, 0.2) is 5.78 Å². The molecule has 1 unspecified atom stereocenters. The second-order valence-corrected chi connectivity index (χ2v) is 4.02. The molecule has 0 saturated heterocycles. The minimum Gasteiger partial charge on any atom is -0.465 e. The Morgan fingerprint density at radius 1 is 1.33 bits per heavy atom. The van der Waals surface area contributed by atoms with Crippen molar-refractivity contribution < 1.29 is 19.1 Å². The van der Waals surface area contributed by atoms with E-state index in [1.807, 2.05) is 0 Å². The Hall–Kier alpha value is -0.900. The van der Waals surface area contributed by atoms with Gasteiger partial charge >= 0.3 is 5.97 Å². The Morgan fingerprint density at radius 3 is 2.27 bits per heavy atom. The summed E-state index contributed by atoms with van der Waals surface area (Å²) in [5.74, 6) is -0.631. The molecule has 0 aromatic rings. The number of carbonyl (C=O) groups is 2. The lowest BCUT2D eigenvalue weighted by Crippen LogP contribution is -2.36. The molecule has 1 atom stereocenters. The van der Waals surface area contributed by atoms with Crippen LogP contribution in [0, 0.1) is 5.41 Å². The third-order valence-electron chi connectivity index (χ3n) is 2.36. The molecule has 88 valence electrons. The number of rotatable bonds is 6. The highest BCUT2D eigenvalue weighted by molar-refractivity contribution is 6.03. The standard InChI is InChI=1S/C11H20O4/c1-6-15-10(13)11(3,4)9(12)7-8(2)14-5/h8H,6-7H2,1-5H3. The Morgan fingerprint density at radius 2 is 1.87 bits per heavy atom. The zero-order valence-corrected chi connectivity index (χ0v) is 10.1. The average Bonchev–Trinajstić information content (AvgIpc) is 2.17. The van der Waals surface area contributed by atoms with Crippen molar-refractivity contribution in [3.05, 3.63) is 0 Å². The molecule has 0 N–H and O–H groups in total. The average molecular weight is 216 g/mol. The van der Waals surface area contributed by atoms with E-state index < -0.39 is 11.4 Å². The molecule has 4 heteroatoms. The summed E-state index contributed by atoms with van der Waals surface area (Å²) in [6, 6.07) is 0. The first-order valence-corrected chi connectivity index (χ1v) is 5.09. The highest BCUT2D eigenvalue weighted by Crippen LogP contribution is 2.22. The molecule has 15 heavy (non-hydrogen) atoms. The summed E-state index contributed by atoms with van der Waals surface area (Å²) in [4.78, 5) is 23.3. The maximum atomic E-state index is 11.8. The first-order chi connectivity index (χ1) is 6.86. The fourth-order valence-corrected chi connectivity index (χ4v) is 1.02. The molecular weight excluding hydrogens is 196 g/mol. The summed E-state index contributed by atoms with van der Waals surface area (Å²) in [6.07, 6.45) is 0.0497. The molecule has 0 radical (unpaired) electrons. The maximum absolute atomic E-state index is 11.8. The molecule has 0 bridgehead atoms. The van der Waals surface area contributed by atoms with Crippen LogP contribution < -0.4 is 0 Å². The second-order valence-electron chi connectivity index (χ2n) is 4.02. The molecule has 0 saturated carbocycles. The Labute approximate surface area is 90.9 Å². The highest BCUT2D eigenvalue weighted by atomic mass is 16.5. The molecular formula is C11H20O4. The van der Waals surface area contributed by atoms with Gasteiger partial charge in [-0.15, -0.1) is 0 Å². The van der Waals surface area contributed by atoms with Gasteiger partial charge in [0.25, 0.3) is 0 Å². The van der Waals surface area contributed by atoms with Crippen molar-refractivity contribution in [3.63, 3.8) is 0 Å². The summed E-state index contributed by atoms with van der Waals surface area (Å²) in [5, 5.41) is 0. The van der Waals surface area contributed by atoms with Crippen molar-refractivity contribution >= 4 is 11.8 Å². The lowest BCUT2D eigenvalue weighted by Gasteiger charge is -2.22. The zero-order valence-electron chi connectivity index (χ0n) is 10.1. The van der Waals surface area contributed by atoms with Gasteiger partial charge in [-0.2, -0.15) is 0 Å². The van der Waals surface area contributed by atoms with Crippen LogP contribution in [0.3, 0.4) is 0 Å². The van der Waals surface area contributed by atoms with Crippen LogP contribution in [0.15, 0.2) is 0 Å². The number of esters is 1. The summed E-state index contributed by atoms with van der Waals surface area (Å²) >= 11 is 0. The smallest absolute Gasteiger partial charge is 0.319 e. The van der Waals surface area contributed by atoms with Gasteiger partial charge in [-0.1, -0.05) is 0 Å². The van der Waals surface area contributed by atoms with Crippen molar-refractivity contribution in [2.45, 2.75) is 40.2 Å². The minimum absolute atomic E-state index is 0.157. The zero-order chi connectivity index (χ0) is 12.1. The van der Waals surface area contributed by atoms with E-state index in [0.717, 1.165) is 0 Å². The van der Waals surface area contributed by atoms with E-state index >= 15 is 0 Å². The predicted octanol–water partition coefficient (Wildman–Crippen LogP) is 1.57. The van der Waals surface area contributed by atoms with Crippen molar-refractivity contribution in [2.24, 2.45) is 5.41 Å². The Balaban J connectivity index is 4.44. The van der Waals surface area contributed by atoms with Gasteiger partial charge < -0.3 is 9.47 Å². The third kappa shape index (κ3) is 4.00. The van der Waals surface area contributed by atoms with Crippen LogP contribution in [0.1, 0.15) is 34.1 Å². The largest absolute Gasteiger partial charge is 0.465 e. The van der Waals surface area contributed by atoms with Crippen LogP contribution in [0.2, 0.25) is 0 Å². The predicted molar refractivity (Wildman–Crippen MR) is 56.5 cm³/mol. The van der Waals surface area contributed by atoms with Gasteiger partial charge in [-0.3, -0.25) is 9.59 Å². The number of hydrogen-bond donors (Lipinski definition) is 0. The highest BCUT2D eigenvalue weighted by Gasteiger charge is 2.37. The second kappa shape index (κ2) is 5.85. The molecule has 4 nitrogen and oxygen atoms in total. The van der Waals surface area contributed by atoms with Gasteiger partial charge in [0.1, 0.15) is 5.41 Å². The molecule has 0 aromatic heterocycles. The van der Waals surface area contributed by atoms with E-state index in [2.05, 4.69) is 0 Å². The number of Topliss-reactive ketones (excluding diaryl/α,β-unsaturated/α-hetero) is 1. The summed E-state index contributed by atoms with van der Waals surface area (Å²) in [5.41, 5.74) is -1.08. The molecule has 0 fully saturated rings. The maximum Gasteiger partial charge on any atom is 0.319 e. The molecule has 0 heterocycles. The SMILES string of the molecule is CCOC(=O)C(C)(C)C(=O)CC(C)OC. The van der Waals surface area contributed by atoms with Gasteiger partial charge in [0, 0.05) is 13.5 Å². The number of ketones is 1. The normalized spacial score (nSPS) is 13.4. The van der Waals surface area contributed by atoms with E-state index in [1.165, 1.54) is 7.11 Å². The Bertz CT molecular complexity index is 233. The van der Waals surface area contributed by atoms with Gasteiger partial charge in [-0.05, 0) is 27.7 Å². The summed E-state index contributed by atoms with van der Waals surface area (Å²) < 4.78 is 9.83. The number of methoxy groups -OCH3 is 1. The van der Waals surface area contributed by atoms with Crippen molar-refractivity contribution in [2.75, 3.05) is 13.7 Å². The van der Waals surface area contributed by atoms with Crippen molar-refractivity contribution in [3.8, 4) is 0 Å². The molecule has 0 aromatic carbocycles. The molecule has 0 rings (SSSR count). The fraction of sp³-hybridized carbons (Fsp3) is 0.818. The third-order valence-corrected chi connectivity index (χ3v) is 2.36. The Kier molecular flexibility index (Phi) is 5.50. The lowest BCUT2D eigenvalue weighted by molar-refractivity contribution is -0.158. The van der Waals surface area contributed by atoms with Crippen LogP contribution in [0.5, 0.6) is 0 Å². The van der Waals surface area contributed by atoms with Crippen LogP contribution >= 0.6 is 0 Å².